The molecule has 2 aromatic heterocycles. The van der Waals surface area contributed by atoms with Crippen molar-refractivity contribution in [3.8, 4) is 17.0 Å². The minimum atomic E-state index is -0.181. The molecule has 0 atom stereocenters. The first-order valence-corrected chi connectivity index (χ1v) is 14.5. The highest BCUT2D eigenvalue weighted by atomic mass is 16.5. The van der Waals surface area contributed by atoms with Crippen LogP contribution in [-0.4, -0.2) is 63.6 Å². The second-order valence-corrected chi connectivity index (χ2v) is 11.9. The number of benzene rings is 3. The molecule has 0 spiro atoms. The van der Waals surface area contributed by atoms with Gasteiger partial charge in [-0.2, -0.15) is 5.10 Å². The first-order chi connectivity index (χ1) is 20.3. The lowest BCUT2D eigenvalue weighted by atomic mass is 9.93. The van der Waals surface area contributed by atoms with E-state index in [0.717, 1.165) is 35.8 Å². The van der Waals surface area contributed by atoms with E-state index < -0.39 is 0 Å². The van der Waals surface area contributed by atoms with Crippen LogP contribution in [0.1, 0.15) is 54.1 Å². The van der Waals surface area contributed by atoms with Crippen molar-refractivity contribution in [3.05, 3.63) is 120 Å². The van der Waals surface area contributed by atoms with Crippen molar-refractivity contribution in [3.63, 3.8) is 0 Å². The number of hydrogen-bond donors (Lipinski definition) is 0. The maximum Gasteiger partial charge on any atom is 0.272 e. The summed E-state index contributed by atoms with van der Waals surface area (Å²) in [6.45, 7) is 9.14. The fourth-order valence-electron chi connectivity index (χ4n) is 5.65. The molecule has 3 heterocycles. The summed E-state index contributed by atoms with van der Waals surface area (Å²) >= 11 is 0. The molecule has 214 valence electrons. The molecule has 0 radical (unpaired) electrons. The highest BCUT2D eigenvalue weighted by molar-refractivity contribution is 5.94. The number of hydrogen-bond acceptors (Lipinski definition) is 5. The Balaban J connectivity index is 1.32. The van der Waals surface area contributed by atoms with Gasteiger partial charge in [-0.3, -0.25) is 9.69 Å². The van der Waals surface area contributed by atoms with Crippen LogP contribution in [0.15, 0.2) is 97.1 Å². The van der Waals surface area contributed by atoms with Crippen LogP contribution in [-0.2, 0) is 5.41 Å². The first-order valence-electron chi connectivity index (χ1n) is 14.5. The zero-order valence-corrected chi connectivity index (χ0v) is 24.7. The van der Waals surface area contributed by atoms with Crippen LogP contribution in [0, 0.1) is 0 Å². The highest BCUT2D eigenvalue weighted by Gasteiger charge is 2.30. The van der Waals surface area contributed by atoms with Crippen LogP contribution < -0.4 is 4.74 Å². The Morgan fingerprint density at radius 1 is 0.810 bits per heavy atom. The molecular formula is C35H37N5O2. The molecule has 0 unspecified atom stereocenters. The van der Waals surface area contributed by atoms with Crippen molar-refractivity contribution in [2.75, 3.05) is 33.3 Å². The number of amides is 1. The minimum Gasteiger partial charge on any atom is -0.497 e. The van der Waals surface area contributed by atoms with E-state index >= 15 is 0 Å². The van der Waals surface area contributed by atoms with Gasteiger partial charge in [0.05, 0.1) is 24.5 Å². The van der Waals surface area contributed by atoms with Crippen LogP contribution in [0.5, 0.6) is 5.75 Å². The number of aromatic nitrogens is 3. The van der Waals surface area contributed by atoms with Gasteiger partial charge in [0, 0.05) is 43.2 Å². The van der Waals surface area contributed by atoms with Crippen LogP contribution in [0.4, 0.5) is 0 Å². The molecule has 0 aliphatic carbocycles. The fraction of sp³-hybridized carbons (Fsp3) is 0.286. The molecule has 0 saturated carbocycles. The van der Waals surface area contributed by atoms with Gasteiger partial charge in [-0.25, -0.2) is 9.50 Å². The van der Waals surface area contributed by atoms with Gasteiger partial charge in [0.25, 0.3) is 5.91 Å². The Morgan fingerprint density at radius 3 is 2.05 bits per heavy atom. The van der Waals surface area contributed by atoms with E-state index in [9.17, 15) is 4.79 Å². The van der Waals surface area contributed by atoms with E-state index in [4.69, 9.17) is 14.8 Å². The van der Waals surface area contributed by atoms with E-state index in [-0.39, 0.29) is 17.4 Å². The van der Waals surface area contributed by atoms with Crippen LogP contribution in [0.25, 0.3) is 16.9 Å². The van der Waals surface area contributed by atoms with Crippen LogP contribution in [0.3, 0.4) is 0 Å². The monoisotopic (exact) mass is 559 g/mol. The summed E-state index contributed by atoms with van der Waals surface area (Å²) in [5.41, 5.74) is 6.02. The lowest BCUT2D eigenvalue weighted by Gasteiger charge is -2.39. The molecule has 3 aromatic carbocycles. The van der Waals surface area contributed by atoms with Crippen molar-refractivity contribution in [2.24, 2.45) is 0 Å². The maximum absolute atomic E-state index is 14.2. The molecule has 1 amide bonds. The van der Waals surface area contributed by atoms with Crippen molar-refractivity contribution in [1.82, 2.24) is 24.4 Å². The molecule has 1 aliphatic heterocycles. The molecule has 1 fully saturated rings. The summed E-state index contributed by atoms with van der Waals surface area (Å²) in [6, 6.07) is 33.0. The Hall–Kier alpha value is -4.49. The predicted molar refractivity (Wildman–Crippen MR) is 166 cm³/mol. The summed E-state index contributed by atoms with van der Waals surface area (Å²) in [5.74, 6) is 0.708. The molecule has 42 heavy (non-hydrogen) atoms. The van der Waals surface area contributed by atoms with E-state index in [0.29, 0.717) is 24.4 Å². The zero-order chi connectivity index (χ0) is 29.3. The normalized spacial score (nSPS) is 14.5. The molecular weight excluding hydrogens is 522 g/mol. The second-order valence-electron chi connectivity index (χ2n) is 11.9. The summed E-state index contributed by atoms with van der Waals surface area (Å²) in [5, 5.41) is 4.86. The topological polar surface area (TPSA) is 63.0 Å². The lowest BCUT2D eigenvalue weighted by Crippen LogP contribution is -2.50. The number of carbonyl (C=O) groups is 1. The van der Waals surface area contributed by atoms with Crippen molar-refractivity contribution < 1.29 is 9.53 Å². The van der Waals surface area contributed by atoms with Crippen LogP contribution >= 0.6 is 0 Å². The number of nitrogens with zero attached hydrogens (tertiary/aromatic N) is 5. The lowest BCUT2D eigenvalue weighted by molar-refractivity contribution is 0.0589. The number of carbonyl (C=O) groups excluding carboxylic acids is 1. The van der Waals surface area contributed by atoms with E-state index in [2.05, 4.69) is 86.3 Å². The summed E-state index contributed by atoms with van der Waals surface area (Å²) in [6.07, 6.45) is 0. The second kappa shape index (κ2) is 11.4. The largest absolute Gasteiger partial charge is 0.497 e. The van der Waals surface area contributed by atoms with E-state index in [1.54, 1.807) is 11.6 Å². The predicted octanol–water partition coefficient (Wildman–Crippen LogP) is 6.25. The first kappa shape index (κ1) is 27.7. The average molecular weight is 560 g/mol. The Morgan fingerprint density at radius 2 is 1.45 bits per heavy atom. The Kier molecular flexibility index (Phi) is 7.52. The van der Waals surface area contributed by atoms with Gasteiger partial charge < -0.3 is 9.64 Å². The number of methoxy groups -OCH3 is 1. The van der Waals surface area contributed by atoms with E-state index in [1.807, 2.05) is 41.3 Å². The number of piperazine rings is 1. The molecule has 1 aliphatic rings. The number of fused-ring (bicyclic) bond motifs is 1. The summed E-state index contributed by atoms with van der Waals surface area (Å²) < 4.78 is 7.17. The van der Waals surface area contributed by atoms with Crippen molar-refractivity contribution in [2.45, 2.75) is 32.2 Å². The molecule has 6 rings (SSSR count). The fourth-order valence-corrected chi connectivity index (χ4v) is 5.65. The molecule has 1 saturated heterocycles. The van der Waals surface area contributed by atoms with Gasteiger partial charge in [0.2, 0.25) is 0 Å². The Bertz CT molecular complexity index is 1640. The van der Waals surface area contributed by atoms with Crippen molar-refractivity contribution >= 4 is 11.6 Å². The van der Waals surface area contributed by atoms with Crippen molar-refractivity contribution in [1.29, 1.82) is 0 Å². The molecule has 7 heteroatoms. The van der Waals surface area contributed by atoms with Gasteiger partial charge in [0.15, 0.2) is 5.65 Å². The molecule has 0 bridgehead atoms. The maximum atomic E-state index is 14.2. The number of ether oxygens (including phenoxy) is 1. The van der Waals surface area contributed by atoms with Gasteiger partial charge >= 0.3 is 0 Å². The standard InChI is InChI=1S/C35H37N5O2/c1-35(2,3)31-24-32-36-29(27-16-11-17-28(22-27)42-4)23-30(40(32)37-31)34(41)39-20-18-38(19-21-39)33(25-12-7-5-8-13-25)26-14-9-6-10-15-26/h5-17,22-24,33H,18-21H2,1-4H3. The SMILES string of the molecule is COc1cccc(-c2cc(C(=O)N3CCN(C(c4ccccc4)c4ccccc4)CC3)n3nc(C(C)(C)C)cc3n2)c1. The van der Waals surface area contributed by atoms with E-state index in [1.165, 1.54) is 11.1 Å². The number of rotatable bonds is 6. The Labute approximate surface area is 247 Å². The van der Waals surface area contributed by atoms with Crippen LogP contribution in [0.2, 0.25) is 0 Å². The smallest absolute Gasteiger partial charge is 0.272 e. The summed E-state index contributed by atoms with van der Waals surface area (Å²) in [4.78, 5) is 23.5. The van der Waals surface area contributed by atoms with Gasteiger partial charge in [-0.05, 0) is 29.3 Å². The zero-order valence-electron chi connectivity index (χ0n) is 24.7. The highest BCUT2D eigenvalue weighted by Crippen LogP contribution is 2.31. The average Bonchev–Trinajstić information content (AvgIpc) is 3.47. The quantitative estimate of drug-likeness (QED) is 0.246. The minimum absolute atomic E-state index is 0.0364. The third-order valence-electron chi connectivity index (χ3n) is 7.98. The van der Waals surface area contributed by atoms with Gasteiger partial charge in [0.1, 0.15) is 11.4 Å². The molecule has 7 nitrogen and oxygen atoms in total. The summed E-state index contributed by atoms with van der Waals surface area (Å²) in [7, 11) is 1.65. The third-order valence-corrected chi connectivity index (χ3v) is 7.98. The van der Waals surface area contributed by atoms with Gasteiger partial charge in [-0.1, -0.05) is 93.6 Å². The molecule has 0 N–H and O–H groups in total. The molecule has 5 aromatic rings. The third kappa shape index (κ3) is 5.52. The van der Waals surface area contributed by atoms with Gasteiger partial charge in [-0.15, -0.1) is 0 Å².